The largest absolute Gasteiger partial charge is 0.494 e. The highest BCUT2D eigenvalue weighted by Crippen LogP contribution is 2.28. The third kappa shape index (κ3) is 3.96. The van der Waals surface area contributed by atoms with Crippen LogP contribution in [0.2, 0.25) is 0 Å². The lowest BCUT2D eigenvalue weighted by molar-refractivity contribution is 0.0696. The van der Waals surface area contributed by atoms with Crippen LogP contribution in [0.3, 0.4) is 0 Å². The summed E-state index contributed by atoms with van der Waals surface area (Å²) in [5.41, 5.74) is 3.26. The SMILES string of the molecule is CCCCCCOc1ccc2c(c1)C(=O)c1ccc(C(=O)O)cc1CC2. The minimum atomic E-state index is -0.972. The number of rotatable bonds is 7. The van der Waals surface area contributed by atoms with Gasteiger partial charge in [-0.3, -0.25) is 4.79 Å². The Hall–Kier alpha value is -2.62. The lowest BCUT2D eigenvalue weighted by atomic mass is 9.97. The predicted molar refractivity (Wildman–Crippen MR) is 100 cm³/mol. The molecule has 0 unspecified atom stereocenters. The fraction of sp³-hybridized carbons (Fsp3) is 0.364. The number of carbonyl (C=O) groups is 2. The standard InChI is InChI=1S/C22H24O4/c1-2-3-4-5-12-26-18-10-8-15-6-7-16-13-17(22(24)25)9-11-19(16)21(23)20(15)14-18/h8-11,13-14H,2-7,12H2,1H3,(H,24,25). The lowest BCUT2D eigenvalue weighted by Gasteiger charge is -2.10. The number of hydrogen-bond acceptors (Lipinski definition) is 3. The first-order valence-electron chi connectivity index (χ1n) is 9.26. The summed E-state index contributed by atoms with van der Waals surface area (Å²) in [7, 11) is 0. The first-order chi connectivity index (χ1) is 12.6. The summed E-state index contributed by atoms with van der Waals surface area (Å²) in [6.07, 6.45) is 5.94. The number of benzene rings is 2. The van der Waals surface area contributed by atoms with Crippen LogP contribution < -0.4 is 4.74 Å². The first-order valence-corrected chi connectivity index (χ1v) is 9.26. The van der Waals surface area contributed by atoms with Crippen molar-refractivity contribution in [2.75, 3.05) is 6.61 Å². The molecule has 2 aromatic rings. The highest BCUT2D eigenvalue weighted by atomic mass is 16.5. The van der Waals surface area contributed by atoms with Crippen LogP contribution in [-0.4, -0.2) is 23.5 Å². The van der Waals surface area contributed by atoms with Gasteiger partial charge in [-0.25, -0.2) is 4.79 Å². The van der Waals surface area contributed by atoms with E-state index in [9.17, 15) is 9.59 Å². The van der Waals surface area contributed by atoms with Crippen molar-refractivity contribution in [1.82, 2.24) is 0 Å². The molecule has 0 aliphatic heterocycles. The molecule has 4 nitrogen and oxygen atoms in total. The first kappa shape index (κ1) is 18.2. The molecule has 0 aromatic heterocycles. The lowest BCUT2D eigenvalue weighted by Crippen LogP contribution is -2.07. The molecule has 136 valence electrons. The number of carboxylic acids is 1. The van der Waals surface area contributed by atoms with E-state index in [2.05, 4.69) is 6.92 Å². The molecule has 0 fully saturated rings. The second kappa shape index (κ2) is 8.17. The number of aryl methyl sites for hydroxylation is 2. The van der Waals surface area contributed by atoms with E-state index >= 15 is 0 Å². The Morgan fingerprint density at radius 1 is 1.00 bits per heavy atom. The number of unbranched alkanes of at least 4 members (excludes halogenated alkanes) is 3. The van der Waals surface area contributed by atoms with Gasteiger partial charge in [0, 0.05) is 11.1 Å². The van der Waals surface area contributed by atoms with Gasteiger partial charge in [0.1, 0.15) is 5.75 Å². The minimum Gasteiger partial charge on any atom is -0.494 e. The van der Waals surface area contributed by atoms with E-state index in [0.717, 1.165) is 29.7 Å². The number of fused-ring (bicyclic) bond motifs is 2. The smallest absolute Gasteiger partial charge is 0.335 e. The minimum absolute atomic E-state index is 0.0547. The van der Waals surface area contributed by atoms with Crippen LogP contribution in [0.5, 0.6) is 5.75 Å². The van der Waals surface area contributed by atoms with Crippen LogP contribution in [0.15, 0.2) is 36.4 Å². The van der Waals surface area contributed by atoms with Crippen molar-refractivity contribution in [2.24, 2.45) is 0 Å². The summed E-state index contributed by atoms with van der Waals surface area (Å²) in [6, 6.07) is 10.5. The molecule has 0 atom stereocenters. The molecule has 2 aromatic carbocycles. The number of hydrogen-bond donors (Lipinski definition) is 1. The second-order valence-electron chi connectivity index (χ2n) is 6.73. The zero-order valence-corrected chi connectivity index (χ0v) is 15.1. The van der Waals surface area contributed by atoms with E-state index < -0.39 is 5.97 Å². The summed E-state index contributed by atoms with van der Waals surface area (Å²) in [4.78, 5) is 24.2. The molecule has 3 rings (SSSR count). The van der Waals surface area contributed by atoms with E-state index in [4.69, 9.17) is 9.84 Å². The van der Waals surface area contributed by atoms with Crippen LogP contribution in [0, 0.1) is 0 Å². The van der Waals surface area contributed by atoms with Gasteiger partial charge in [-0.1, -0.05) is 32.3 Å². The maximum absolute atomic E-state index is 13.0. The molecule has 0 radical (unpaired) electrons. The normalized spacial score (nSPS) is 12.9. The zero-order valence-electron chi connectivity index (χ0n) is 15.1. The average molecular weight is 352 g/mol. The summed E-state index contributed by atoms with van der Waals surface area (Å²) >= 11 is 0. The van der Waals surface area contributed by atoms with E-state index in [1.165, 1.54) is 18.9 Å². The highest BCUT2D eigenvalue weighted by Gasteiger charge is 2.22. The van der Waals surface area contributed by atoms with Crippen LogP contribution in [0.1, 0.15) is 70.0 Å². The van der Waals surface area contributed by atoms with Crippen LogP contribution in [0.25, 0.3) is 0 Å². The molecule has 1 aliphatic rings. The van der Waals surface area contributed by atoms with Crippen molar-refractivity contribution in [3.8, 4) is 5.75 Å². The number of aromatic carboxylic acids is 1. The second-order valence-corrected chi connectivity index (χ2v) is 6.73. The van der Waals surface area contributed by atoms with Gasteiger partial charge in [0.15, 0.2) is 5.78 Å². The van der Waals surface area contributed by atoms with Gasteiger partial charge < -0.3 is 9.84 Å². The predicted octanol–water partition coefficient (Wildman–Crippen LogP) is 4.67. The van der Waals surface area contributed by atoms with E-state index in [1.54, 1.807) is 12.1 Å². The van der Waals surface area contributed by atoms with Gasteiger partial charge in [0.25, 0.3) is 0 Å². The monoisotopic (exact) mass is 352 g/mol. The maximum atomic E-state index is 13.0. The van der Waals surface area contributed by atoms with Crippen molar-refractivity contribution in [3.63, 3.8) is 0 Å². The summed E-state index contributed by atoms with van der Waals surface area (Å²) in [5.74, 6) is -0.305. The van der Waals surface area contributed by atoms with Gasteiger partial charge in [0.05, 0.1) is 12.2 Å². The quantitative estimate of drug-likeness (QED) is 0.735. The van der Waals surface area contributed by atoms with E-state index in [1.807, 2.05) is 18.2 Å². The van der Waals surface area contributed by atoms with Gasteiger partial charge in [0.2, 0.25) is 0 Å². The van der Waals surface area contributed by atoms with Gasteiger partial charge in [-0.2, -0.15) is 0 Å². The van der Waals surface area contributed by atoms with Gasteiger partial charge >= 0.3 is 5.97 Å². The zero-order chi connectivity index (χ0) is 18.5. The van der Waals surface area contributed by atoms with E-state index in [-0.39, 0.29) is 11.3 Å². The molecule has 0 saturated heterocycles. The summed E-state index contributed by atoms with van der Waals surface area (Å²) < 4.78 is 5.82. The van der Waals surface area contributed by atoms with Crippen LogP contribution in [0.4, 0.5) is 0 Å². The fourth-order valence-corrected chi connectivity index (χ4v) is 3.36. The molecular formula is C22H24O4. The van der Waals surface area contributed by atoms with Gasteiger partial charge in [-0.15, -0.1) is 0 Å². The number of ketones is 1. The number of carbonyl (C=O) groups excluding carboxylic acids is 1. The Morgan fingerprint density at radius 3 is 2.58 bits per heavy atom. The summed E-state index contributed by atoms with van der Waals surface area (Å²) in [6.45, 7) is 2.84. The van der Waals surface area contributed by atoms with Crippen molar-refractivity contribution in [2.45, 2.75) is 45.4 Å². The third-order valence-corrected chi connectivity index (χ3v) is 4.85. The van der Waals surface area contributed by atoms with Crippen molar-refractivity contribution in [3.05, 3.63) is 64.2 Å². The van der Waals surface area contributed by atoms with Crippen molar-refractivity contribution < 1.29 is 19.4 Å². The Balaban J connectivity index is 1.80. The fourth-order valence-electron chi connectivity index (χ4n) is 3.36. The molecule has 0 saturated carbocycles. The molecular weight excluding hydrogens is 328 g/mol. The Morgan fingerprint density at radius 2 is 1.81 bits per heavy atom. The molecule has 0 heterocycles. The number of carboxylic acid groups (broad SMARTS) is 1. The summed E-state index contributed by atoms with van der Waals surface area (Å²) in [5, 5.41) is 9.17. The molecule has 0 spiro atoms. The third-order valence-electron chi connectivity index (χ3n) is 4.85. The highest BCUT2D eigenvalue weighted by molar-refractivity contribution is 6.12. The Labute approximate surface area is 153 Å². The van der Waals surface area contributed by atoms with E-state index in [0.29, 0.717) is 30.6 Å². The van der Waals surface area contributed by atoms with Crippen molar-refractivity contribution in [1.29, 1.82) is 0 Å². The van der Waals surface area contributed by atoms with Gasteiger partial charge in [-0.05, 0) is 60.7 Å². The Bertz CT molecular complexity index is 823. The molecule has 0 amide bonds. The van der Waals surface area contributed by atoms with Crippen LogP contribution in [-0.2, 0) is 12.8 Å². The molecule has 1 aliphatic carbocycles. The molecule has 26 heavy (non-hydrogen) atoms. The van der Waals surface area contributed by atoms with Crippen LogP contribution >= 0.6 is 0 Å². The maximum Gasteiger partial charge on any atom is 0.335 e. The molecule has 4 heteroatoms. The molecule has 1 N–H and O–H groups in total. The van der Waals surface area contributed by atoms with Crippen molar-refractivity contribution >= 4 is 11.8 Å². The Kier molecular flexibility index (Phi) is 5.71. The number of ether oxygens (including phenoxy) is 1. The molecule has 0 bridgehead atoms. The average Bonchev–Trinajstić information content (AvgIpc) is 2.78. The topological polar surface area (TPSA) is 63.6 Å².